The summed E-state index contributed by atoms with van der Waals surface area (Å²) >= 11 is 0. The summed E-state index contributed by atoms with van der Waals surface area (Å²) in [6.45, 7) is 0.529. The zero-order chi connectivity index (χ0) is 15.8. The second-order valence-corrected chi connectivity index (χ2v) is 4.51. The van der Waals surface area contributed by atoms with Crippen molar-refractivity contribution in [3.05, 3.63) is 58.8 Å². The number of benzene rings is 1. The Morgan fingerprint density at radius 3 is 2.86 bits per heavy atom. The Morgan fingerprint density at radius 1 is 1.27 bits per heavy atom. The van der Waals surface area contributed by atoms with E-state index in [2.05, 4.69) is 10.4 Å². The van der Waals surface area contributed by atoms with Crippen molar-refractivity contribution in [1.82, 2.24) is 15.1 Å². The predicted octanol–water partition coefficient (Wildman–Crippen LogP) is 0.968. The minimum absolute atomic E-state index is 0.0395. The van der Waals surface area contributed by atoms with Crippen molar-refractivity contribution in [3.8, 4) is 5.75 Å². The maximum absolute atomic E-state index is 13.3. The molecule has 2 aromatic rings. The molecule has 6 nitrogen and oxygen atoms in total. The van der Waals surface area contributed by atoms with Crippen molar-refractivity contribution in [2.45, 2.75) is 13.0 Å². The van der Waals surface area contributed by atoms with Crippen LogP contribution in [0.5, 0.6) is 5.75 Å². The fourth-order valence-electron chi connectivity index (χ4n) is 1.77. The van der Waals surface area contributed by atoms with Gasteiger partial charge in [0.2, 0.25) is 0 Å². The number of nitrogens with zero attached hydrogens (tertiary/aromatic N) is 2. The molecule has 1 N–H and O–H groups in total. The first-order valence-electron chi connectivity index (χ1n) is 6.83. The maximum Gasteiger partial charge on any atom is 0.266 e. The van der Waals surface area contributed by atoms with Crippen molar-refractivity contribution >= 4 is 5.91 Å². The molecule has 0 aliphatic carbocycles. The van der Waals surface area contributed by atoms with Gasteiger partial charge in [-0.2, -0.15) is 5.10 Å². The molecular weight excluding hydrogens is 289 g/mol. The molecule has 0 aliphatic heterocycles. The van der Waals surface area contributed by atoms with E-state index < -0.39 is 5.82 Å². The number of aromatic nitrogens is 2. The zero-order valence-electron chi connectivity index (χ0n) is 11.9. The molecule has 0 radical (unpaired) electrons. The van der Waals surface area contributed by atoms with E-state index >= 15 is 0 Å². The van der Waals surface area contributed by atoms with E-state index in [4.69, 9.17) is 4.74 Å². The van der Waals surface area contributed by atoms with Gasteiger partial charge in [-0.3, -0.25) is 9.59 Å². The Bertz CT molecular complexity index is 687. The third-order valence-electron chi connectivity index (χ3n) is 2.85. The molecule has 7 heteroatoms. The van der Waals surface area contributed by atoms with Gasteiger partial charge in [0, 0.05) is 25.4 Å². The number of hydrogen-bond acceptors (Lipinski definition) is 4. The van der Waals surface area contributed by atoms with Gasteiger partial charge < -0.3 is 10.1 Å². The normalized spacial score (nSPS) is 10.2. The van der Waals surface area contributed by atoms with Crippen LogP contribution in [0.4, 0.5) is 4.39 Å². The van der Waals surface area contributed by atoms with Crippen molar-refractivity contribution < 1.29 is 13.9 Å². The van der Waals surface area contributed by atoms with Gasteiger partial charge in [0.1, 0.15) is 0 Å². The monoisotopic (exact) mass is 305 g/mol. The molecule has 0 saturated heterocycles. The smallest absolute Gasteiger partial charge is 0.266 e. The molecule has 0 spiro atoms. The molecule has 0 atom stereocenters. The van der Waals surface area contributed by atoms with Gasteiger partial charge in [-0.25, -0.2) is 9.07 Å². The van der Waals surface area contributed by atoms with Crippen LogP contribution < -0.4 is 15.6 Å². The molecule has 0 fully saturated rings. The van der Waals surface area contributed by atoms with Crippen LogP contribution in [-0.4, -0.2) is 28.8 Å². The standard InChI is InChI=1S/C15H16FN3O3/c16-12-5-1-2-6-13(12)22-11-14(20)17-8-4-10-19-15(21)7-3-9-18-19/h1-3,5-7,9H,4,8,10-11H2,(H,17,20). The average molecular weight is 305 g/mol. The average Bonchev–Trinajstić information content (AvgIpc) is 2.52. The van der Waals surface area contributed by atoms with E-state index in [0.717, 1.165) is 0 Å². The zero-order valence-corrected chi connectivity index (χ0v) is 11.9. The predicted molar refractivity (Wildman–Crippen MR) is 78.0 cm³/mol. The molecule has 0 aliphatic rings. The third kappa shape index (κ3) is 4.69. The minimum Gasteiger partial charge on any atom is -0.481 e. The molecule has 0 saturated carbocycles. The van der Waals surface area contributed by atoms with Gasteiger partial charge >= 0.3 is 0 Å². The number of amides is 1. The van der Waals surface area contributed by atoms with Crippen LogP contribution in [0.3, 0.4) is 0 Å². The largest absolute Gasteiger partial charge is 0.481 e. The van der Waals surface area contributed by atoms with Crippen molar-refractivity contribution in [3.63, 3.8) is 0 Å². The van der Waals surface area contributed by atoms with E-state index in [1.165, 1.54) is 29.1 Å². The topological polar surface area (TPSA) is 73.2 Å². The number of para-hydroxylation sites is 1. The molecule has 0 unspecified atom stereocenters. The number of ether oxygens (including phenoxy) is 1. The fraction of sp³-hybridized carbons (Fsp3) is 0.267. The minimum atomic E-state index is -0.509. The second kappa shape index (κ2) is 7.92. The van der Waals surface area contributed by atoms with Crippen LogP contribution in [0.1, 0.15) is 6.42 Å². The van der Waals surface area contributed by atoms with Gasteiger partial charge in [0.15, 0.2) is 18.2 Å². The van der Waals surface area contributed by atoms with E-state index in [0.29, 0.717) is 19.5 Å². The maximum atomic E-state index is 13.3. The number of aryl methyl sites for hydroxylation is 1. The van der Waals surface area contributed by atoms with E-state index in [-0.39, 0.29) is 23.8 Å². The molecule has 1 amide bonds. The lowest BCUT2D eigenvalue weighted by Crippen LogP contribution is -2.31. The van der Waals surface area contributed by atoms with Crippen molar-refractivity contribution in [2.75, 3.05) is 13.2 Å². The Hall–Kier alpha value is -2.70. The molecular formula is C15H16FN3O3. The summed E-state index contributed by atoms with van der Waals surface area (Å²) < 4.78 is 19.7. The van der Waals surface area contributed by atoms with Crippen LogP contribution in [0.15, 0.2) is 47.4 Å². The van der Waals surface area contributed by atoms with Gasteiger partial charge in [-0.05, 0) is 24.6 Å². The van der Waals surface area contributed by atoms with Gasteiger partial charge in [0.25, 0.3) is 11.5 Å². The van der Waals surface area contributed by atoms with Crippen LogP contribution >= 0.6 is 0 Å². The number of hydrogen-bond donors (Lipinski definition) is 1. The number of carbonyl (C=O) groups is 1. The lowest BCUT2D eigenvalue weighted by Gasteiger charge is -2.08. The molecule has 1 aromatic carbocycles. The van der Waals surface area contributed by atoms with E-state index in [9.17, 15) is 14.0 Å². The lowest BCUT2D eigenvalue weighted by atomic mass is 10.3. The highest BCUT2D eigenvalue weighted by molar-refractivity contribution is 5.77. The quantitative estimate of drug-likeness (QED) is 0.774. The molecule has 0 bridgehead atoms. The summed E-state index contributed by atoms with van der Waals surface area (Å²) in [6.07, 6.45) is 2.09. The van der Waals surface area contributed by atoms with Gasteiger partial charge in [-0.15, -0.1) is 0 Å². The molecule has 22 heavy (non-hydrogen) atoms. The van der Waals surface area contributed by atoms with E-state index in [1.807, 2.05) is 0 Å². The van der Waals surface area contributed by atoms with Gasteiger partial charge in [0.05, 0.1) is 0 Å². The third-order valence-corrected chi connectivity index (χ3v) is 2.85. The molecule has 116 valence electrons. The van der Waals surface area contributed by atoms with Crippen LogP contribution in [0.2, 0.25) is 0 Å². The first-order valence-corrected chi connectivity index (χ1v) is 6.83. The van der Waals surface area contributed by atoms with E-state index in [1.54, 1.807) is 18.2 Å². The van der Waals surface area contributed by atoms with Crippen LogP contribution in [0.25, 0.3) is 0 Å². The summed E-state index contributed by atoms with van der Waals surface area (Å²) in [7, 11) is 0. The van der Waals surface area contributed by atoms with Crippen molar-refractivity contribution in [1.29, 1.82) is 0 Å². The summed E-state index contributed by atoms with van der Waals surface area (Å²) in [5.74, 6) is -0.820. The molecule has 2 rings (SSSR count). The SMILES string of the molecule is O=C(COc1ccccc1F)NCCCn1ncccc1=O. The highest BCUT2D eigenvalue weighted by atomic mass is 19.1. The Labute approximate surface area is 126 Å². The Kier molecular flexibility index (Phi) is 5.65. The Balaban J connectivity index is 1.67. The molecule has 1 heterocycles. The first kappa shape index (κ1) is 15.7. The Morgan fingerprint density at radius 2 is 2.09 bits per heavy atom. The summed E-state index contributed by atoms with van der Waals surface area (Å²) in [5.41, 5.74) is -0.184. The van der Waals surface area contributed by atoms with Crippen LogP contribution in [-0.2, 0) is 11.3 Å². The van der Waals surface area contributed by atoms with Crippen molar-refractivity contribution in [2.24, 2.45) is 0 Å². The lowest BCUT2D eigenvalue weighted by molar-refractivity contribution is -0.123. The summed E-state index contributed by atoms with van der Waals surface area (Å²) in [6, 6.07) is 8.88. The summed E-state index contributed by atoms with van der Waals surface area (Å²) in [5, 5.41) is 6.54. The highest BCUT2D eigenvalue weighted by Gasteiger charge is 2.05. The van der Waals surface area contributed by atoms with Crippen LogP contribution in [0, 0.1) is 5.82 Å². The van der Waals surface area contributed by atoms with Gasteiger partial charge in [-0.1, -0.05) is 12.1 Å². The summed E-state index contributed by atoms with van der Waals surface area (Å²) in [4.78, 5) is 23.0. The number of nitrogens with one attached hydrogen (secondary N) is 1. The second-order valence-electron chi connectivity index (χ2n) is 4.51. The number of halogens is 1. The first-order chi connectivity index (χ1) is 10.7. The molecule has 1 aromatic heterocycles. The highest BCUT2D eigenvalue weighted by Crippen LogP contribution is 2.14. The number of rotatable bonds is 7. The fourth-order valence-corrected chi connectivity index (χ4v) is 1.77. The number of carbonyl (C=O) groups excluding carboxylic acids is 1.